The molecule has 6 heteroatoms. The van der Waals surface area contributed by atoms with Gasteiger partial charge in [0.05, 0.1) is 12.1 Å². The van der Waals surface area contributed by atoms with Gasteiger partial charge in [0.15, 0.2) is 0 Å². The van der Waals surface area contributed by atoms with E-state index in [0.717, 1.165) is 0 Å². The molecular formula is C16H14Cl2FNO2. The minimum absolute atomic E-state index is 0.0402. The summed E-state index contributed by atoms with van der Waals surface area (Å²) in [5, 5.41) is -0.559. The quantitative estimate of drug-likeness (QED) is 0.846. The second-order valence-electron chi connectivity index (χ2n) is 4.82. The number of halogens is 3. The zero-order valence-electron chi connectivity index (χ0n) is 11.8. The molecule has 22 heavy (non-hydrogen) atoms. The second kappa shape index (κ2) is 6.99. The fourth-order valence-corrected chi connectivity index (χ4v) is 2.52. The highest BCUT2D eigenvalue weighted by Gasteiger charge is 2.17. The van der Waals surface area contributed by atoms with Gasteiger partial charge < -0.3 is 10.5 Å². The zero-order chi connectivity index (χ0) is 16.3. The van der Waals surface area contributed by atoms with Gasteiger partial charge in [0.25, 0.3) is 0 Å². The molecule has 116 valence electrons. The second-order valence-corrected chi connectivity index (χ2v) is 5.57. The van der Waals surface area contributed by atoms with Crippen LogP contribution in [0.3, 0.4) is 0 Å². The number of rotatable bonds is 4. The molecule has 1 aromatic rings. The molecule has 0 bridgehead atoms. The van der Waals surface area contributed by atoms with Crippen LogP contribution in [0.1, 0.15) is 12.0 Å². The molecule has 2 rings (SSSR count). The molecule has 0 amide bonds. The molecule has 3 nitrogen and oxygen atoms in total. The summed E-state index contributed by atoms with van der Waals surface area (Å²) in [5.74, 6) is -0.0368. The summed E-state index contributed by atoms with van der Waals surface area (Å²) in [6, 6.07) is 4.75. The number of carbonyl (C=O) groups is 1. The molecule has 0 saturated heterocycles. The Labute approximate surface area is 137 Å². The van der Waals surface area contributed by atoms with E-state index < -0.39 is 11.1 Å². The topological polar surface area (TPSA) is 52.3 Å². The first-order chi connectivity index (χ1) is 10.4. The maximum atomic E-state index is 14.1. The molecule has 0 aliphatic heterocycles. The number of ether oxygens (including phenoxy) is 1. The average molecular weight is 342 g/mol. The summed E-state index contributed by atoms with van der Waals surface area (Å²) in [6.45, 7) is 0. The van der Waals surface area contributed by atoms with E-state index in [0.29, 0.717) is 28.2 Å². The van der Waals surface area contributed by atoms with Gasteiger partial charge in [0.1, 0.15) is 11.6 Å². The Morgan fingerprint density at radius 2 is 2.14 bits per heavy atom. The molecule has 0 fully saturated rings. The Bertz CT molecular complexity index is 708. The fourth-order valence-electron chi connectivity index (χ4n) is 2.21. The van der Waals surface area contributed by atoms with E-state index in [2.05, 4.69) is 0 Å². The minimum Gasteiger partial charge on any atom is -0.496 e. The van der Waals surface area contributed by atoms with Crippen LogP contribution in [0, 0.1) is 5.82 Å². The first-order valence-electron chi connectivity index (χ1n) is 6.49. The van der Waals surface area contributed by atoms with Crippen molar-refractivity contribution in [2.24, 2.45) is 5.73 Å². The van der Waals surface area contributed by atoms with Gasteiger partial charge in [-0.1, -0.05) is 23.7 Å². The Kier molecular flexibility index (Phi) is 5.27. The maximum Gasteiger partial charge on any atom is 0.248 e. The monoisotopic (exact) mass is 341 g/mol. The molecule has 2 N–H and O–H groups in total. The molecule has 0 unspecified atom stereocenters. The van der Waals surface area contributed by atoms with E-state index in [1.807, 2.05) is 0 Å². The third kappa shape index (κ3) is 3.70. The van der Waals surface area contributed by atoms with Crippen molar-refractivity contribution >= 4 is 28.4 Å². The van der Waals surface area contributed by atoms with E-state index >= 15 is 0 Å². The summed E-state index contributed by atoms with van der Waals surface area (Å²) < 4.78 is 19.4. The third-order valence-electron chi connectivity index (χ3n) is 3.26. The van der Waals surface area contributed by atoms with Gasteiger partial charge in [0, 0.05) is 24.1 Å². The van der Waals surface area contributed by atoms with Gasteiger partial charge in [-0.3, -0.25) is 4.79 Å². The van der Waals surface area contributed by atoms with Crippen LogP contribution >= 0.6 is 23.2 Å². The van der Waals surface area contributed by atoms with E-state index in [4.69, 9.17) is 33.7 Å². The summed E-state index contributed by atoms with van der Waals surface area (Å²) in [7, 11) is 1.48. The average Bonchev–Trinajstić information content (AvgIpc) is 2.63. The lowest BCUT2D eigenvalue weighted by molar-refractivity contribution is -0.108. The van der Waals surface area contributed by atoms with Gasteiger partial charge in [-0.05, 0) is 41.0 Å². The van der Waals surface area contributed by atoms with Crippen LogP contribution < -0.4 is 5.73 Å². The van der Waals surface area contributed by atoms with Gasteiger partial charge in [0.2, 0.25) is 5.24 Å². The van der Waals surface area contributed by atoms with E-state index in [1.54, 1.807) is 24.3 Å². The summed E-state index contributed by atoms with van der Waals surface area (Å²) in [5.41, 5.74) is 7.61. The lowest BCUT2D eigenvalue weighted by Crippen LogP contribution is -2.02. The number of methoxy groups -OCH3 is 1. The normalized spacial score (nSPS) is 15.1. The van der Waals surface area contributed by atoms with Crippen LogP contribution in [0.4, 0.5) is 4.39 Å². The highest BCUT2D eigenvalue weighted by molar-refractivity contribution is 6.67. The zero-order valence-corrected chi connectivity index (χ0v) is 13.3. The first-order valence-corrected chi connectivity index (χ1v) is 7.24. The van der Waals surface area contributed by atoms with Gasteiger partial charge in [-0.15, -0.1) is 0 Å². The predicted molar refractivity (Wildman–Crippen MR) is 85.0 cm³/mol. The molecule has 0 saturated carbocycles. The minimum atomic E-state index is -0.599. The van der Waals surface area contributed by atoms with Gasteiger partial charge in [-0.2, -0.15) is 0 Å². The van der Waals surface area contributed by atoms with Crippen LogP contribution in [0.5, 0.6) is 0 Å². The third-order valence-corrected chi connectivity index (χ3v) is 3.80. The van der Waals surface area contributed by atoms with Crippen molar-refractivity contribution in [2.75, 3.05) is 7.11 Å². The number of hydrogen-bond donors (Lipinski definition) is 1. The van der Waals surface area contributed by atoms with Crippen LogP contribution in [-0.2, 0) is 16.0 Å². The Balaban J connectivity index is 2.50. The Hall–Kier alpha value is -1.78. The van der Waals surface area contributed by atoms with Crippen LogP contribution in [0.2, 0.25) is 5.02 Å². The molecular weight excluding hydrogens is 328 g/mol. The maximum absolute atomic E-state index is 14.1. The van der Waals surface area contributed by atoms with Gasteiger partial charge in [-0.25, -0.2) is 4.39 Å². The summed E-state index contributed by atoms with van der Waals surface area (Å²) in [4.78, 5) is 11.5. The van der Waals surface area contributed by atoms with Crippen molar-refractivity contribution < 1.29 is 13.9 Å². The highest BCUT2D eigenvalue weighted by Crippen LogP contribution is 2.27. The van der Waals surface area contributed by atoms with E-state index in [-0.39, 0.29) is 17.9 Å². The lowest BCUT2D eigenvalue weighted by Gasteiger charge is -2.10. The molecule has 0 radical (unpaired) electrons. The molecule has 1 aliphatic carbocycles. The predicted octanol–water partition coefficient (Wildman–Crippen LogP) is 3.86. The molecule has 0 aromatic heterocycles. The smallest absolute Gasteiger partial charge is 0.248 e. The van der Waals surface area contributed by atoms with E-state index in [9.17, 15) is 9.18 Å². The van der Waals surface area contributed by atoms with Crippen molar-refractivity contribution in [2.45, 2.75) is 12.8 Å². The van der Waals surface area contributed by atoms with Crippen molar-refractivity contribution in [3.8, 4) is 0 Å². The molecule has 0 atom stereocenters. The lowest BCUT2D eigenvalue weighted by atomic mass is 10.0. The van der Waals surface area contributed by atoms with E-state index in [1.165, 1.54) is 13.2 Å². The van der Waals surface area contributed by atoms with Crippen LogP contribution in [-0.4, -0.2) is 12.4 Å². The van der Waals surface area contributed by atoms with Crippen LogP contribution in [0.15, 0.2) is 53.0 Å². The van der Waals surface area contributed by atoms with Crippen LogP contribution in [0.25, 0.3) is 0 Å². The highest BCUT2D eigenvalue weighted by atomic mass is 35.5. The Morgan fingerprint density at radius 3 is 2.77 bits per heavy atom. The van der Waals surface area contributed by atoms with Crippen molar-refractivity contribution in [3.63, 3.8) is 0 Å². The molecule has 0 spiro atoms. The Morgan fingerprint density at radius 1 is 1.41 bits per heavy atom. The standard InChI is InChI=1S/C16H14Cl2FNO2/c1-22-14-8-12(20)7-11(16(18)21)6-10(14)5-9-3-2-4-13(17)15(9)19/h2-4,6,8H,5,7,20H2,1H3. The molecule has 1 aromatic carbocycles. The molecule has 1 aliphatic rings. The van der Waals surface area contributed by atoms with Crippen molar-refractivity contribution in [1.29, 1.82) is 0 Å². The first kappa shape index (κ1) is 16.6. The number of carbonyl (C=O) groups excluding carboxylic acids is 1. The van der Waals surface area contributed by atoms with Crippen molar-refractivity contribution in [1.82, 2.24) is 0 Å². The van der Waals surface area contributed by atoms with Gasteiger partial charge >= 0.3 is 0 Å². The largest absolute Gasteiger partial charge is 0.496 e. The van der Waals surface area contributed by atoms with Crippen molar-refractivity contribution in [3.05, 3.63) is 69.4 Å². The molecule has 0 heterocycles. The summed E-state index contributed by atoms with van der Waals surface area (Å²) >= 11 is 11.4. The SMILES string of the molecule is COC1=C(Cc2cccc(Cl)c2F)C=C(C(=O)Cl)CC(N)=C1. The number of nitrogens with two attached hydrogens (primary N) is 1. The number of allylic oxidation sites excluding steroid dienone is 4. The fraction of sp³-hybridized carbons (Fsp3) is 0.188. The number of hydrogen-bond acceptors (Lipinski definition) is 3. The number of benzene rings is 1. The summed E-state index contributed by atoms with van der Waals surface area (Å²) in [6.07, 6.45) is 3.62.